The molecule has 0 bridgehead atoms. The van der Waals surface area contributed by atoms with Crippen LogP contribution in [0.1, 0.15) is 0 Å². The van der Waals surface area contributed by atoms with Crippen LogP contribution in [0, 0.1) is 0 Å². The van der Waals surface area contributed by atoms with Gasteiger partial charge in [-0.05, 0) is 74.6 Å². The Hall–Kier alpha value is -5.48. The molecule has 0 spiro atoms. The Bertz CT molecular complexity index is 3020. The van der Waals surface area contributed by atoms with Crippen molar-refractivity contribution in [3.8, 4) is 22.3 Å². The fraction of sp³-hybridized carbons (Fsp3) is 0. The zero-order chi connectivity index (χ0) is 30.6. The molecule has 0 amide bonds. The summed E-state index contributed by atoms with van der Waals surface area (Å²) in [5.41, 5.74) is 6.99. The van der Waals surface area contributed by atoms with Crippen LogP contribution >= 0.6 is 22.7 Å². The van der Waals surface area contributed by atoms with Gasteiger partial charge in [0.25, 0.3) is 0 Å². The molecule has 0 fully saturated rings. The van der Waals surface area contributed by atoms with Crippen molar-refractivity contribution in [2.45, 2.75) is 0 Å². The van der Waals surface area contributed by atoms with Crippen LogP contribution in [0.15, 0.2) is 150 Å². The normalized spacial score (nSPS) is 12.3. The quantitative estimate of drug-likeness (QED) is 0.173. The van der Waals surface area contributed by atoms with E-state index in [0.717, 1.165) is 21.9 Å². The zero-order valence-corrected chi connectivity index (χ0v) is 26.7. The molecule has 0 aliphatic rings. The molecule has 3 aromatic heterocycles. The van der Waals surface area contributed by atoms with E-state index < -0.39 is 0 Å². The van der Waals surface area contributed by atoms with E-state index in [1.165, 1.54) is 84.1 Å². The highest BCUT2D eigenvalue weighted by Gasteiger charge is 2.24. The number of rotatable bonds is 2. The molecule has 0 atom stereocenters. The zero-order valence-electron chi connectivity index (χ0n) is 25.1. The van der Waals surface area contributed by atoms with Crippen LogP contribution in [0.25, 0.3) is 106 Å². The maximum absolute atomic E-state index is 6.23. The minimum atomic E-state index is 0.920. The lowest BCUT2D eigenvalue weighted by Crippen LogP contribution is -1.91. The van der Waals surface area contributed by atoms with Crippen molar-refractivity contribution < 1.29 is 4.42 Å². The number of hydrogen-bond acceptors (Lipinski definition) is 3. The standard InChI is InChI=1S/C44H24OS2/c1-3-15-30-28(13-1)40(25-21-22-36-33(23-25)26-11-5-8-18-35(26)45-36)29-14-2-4-16-31(29)41(30)43-42-32-17-7-10-20-38(32)46-39(42)24-34-27-12-6-9-19-37(27)47-44(34)43/h1-24H. The van der Waals surface area contributed by atoms with Crippen LogP contribution in [0.4, 0.5) is 0 Å². The summed E-state index contributed by atoms with van der Waals surface area (Å²) in [5.74, 6) is 0. The van der Waals surface area contributed by atoms with E-state index >= 15 is 0 Å². The third-order valence-corrected chi connectivity index (χ3v) is 12.2. The summed E-state index contributed by atoms with van der Waals surface area (Å²) in [6.45, 7) is 0. The molecule has 8 aromatic carbocycles. The van der Waals surface area contributed by atoms with Gasteiger partial charge in [0.05, 0.1) is 0 Å². The molecule has 0 unspecified atom stereocenters. The third-order valence-electron chi connectivity index (χ3n) is 9.86. The lowest BCUT2D eigenvalue weighted by molar-refractivity contribution is 0.669. The number of hydrogen-bond donors (Lipinski definition) is 0. The van der Waals surface area contributed by atoms with Crippen LogP contribution in [0.3, 0.4) is 0 Å². The number of furan rings is 1. The lowest BCUT2D eigenvalue weighted by Gasteiger charge is -2.19. The largest absolute Gasteiger partial charge is 0.456 e. The summed E-state index contributed by atoms with van der Waals surface area (Å²) in [4.78, 5) is 0. The van der Waals surface area contributed by atoms with E-state index in [9.17, 15) is 0 Å². The van der Waals surface area contributed by atoms with Crippen molar-refractivity contribution in [2.75, 3.05) is 0 Å². The van der Waals surface area contributed by atoms with Gasteiger partial charge in [0.2, 0.25) is 0 Å². The van der Waals surface area contributed by atoms with Gasteiger partial charge in [0.1, 0.15) is 11.2 Å². The first-order valence-electron chi connectivity index (χ1n) is 15.9. The third kappa shape index (κ3) is 3.53. The Morgan fingerprint density at radius 1 is 0.340 bits per heavy atom. The first-order chi connectivity index (χ1) is 23.3. The van der Waals surface area contributed by atoms with Gasteiger partial charge < -0.3 is 4.42 Å². The van der Waals surface area contributed by atoms with Crippen molar-refractivity contribution in [3.63, 3.8) is 0 Å². The van der Waals surface area contributed by atoms with Gasteiger partial charge in [-0.1, -0.05) is 109 Å². The highest BCUT2D eigenvalue weighted by Crippen LogP contribution is 2.53. The molecule has 47 heavy (non-hydrogen) atoms. The van der Waals surface area contributed by atoms with E-state index in [1.54, 1.807) is 0 Å². The average molecular weight is 633 g/mol. The highest BCUT2D eigenvalue weighted by atomic mass is 32.1. The molecule has 218 valence electrons. The van der Waals surface area contributed by atoms with Gasteiger partial charge in [-0.15, -0.1) is 22.7 Å². The fourth-order valence-electron chi connectivity index (χ4n) is 7.89. The summed E-state index contributed by atoms with van der Waals surface area (Å²) >= 11 is 3.83. The smallest absolute Gasteiger partial charge is 0.135 e. The van der Waals surface area contributed by atoms with Crippen LogP contribution in [-0.2, 0) is 0 Å². The van der Waals surface area contributed by atoms with Crippen LogP contribution in [0.2, 0.25) is 0 Å². The summed E-state index contributed by atoms with van der Waals surface area (Å²) in [6.07, 6.45) is 0. The van der Waals surface area contributed by atoms with E-state index in [0.29, 0.717) is 0 Å². The maximum Gasteiger partial charge on any atom is 0.135 e. The van der Waals surface area contributed by atoms with Crippen LogP contribution in [0.5, 0.6) is 0 Å². The second-order valence-corrected chi connectivity index (χ2v) is 14.5. The van der Waals surface area contributed by atoms with Gasteiger partial charge in [0, 0.05) is 56.7 Å². The molecule has 3 heteroatoms. The minimum absolute atomic E-state index is 0.920. The van der Waals surface area contributed by atoms with E-state index in [2.05, 4.69) is 140 Å². The Balaban J connectivity index is 1.34. The van der Waals surface area contributed by atoms with Crippen LogP contribution in [-0.4, -0.2) is 0 Å². The monoisotopic (exact) mass is 632 g/mol. The predicted octanol–water partition coefficient (Wildman–Crippen LogP) is 14.0. The molecule has 0 N–H and O–H groups in total. The molecule has 1 nitrogen and oxygen atoms in total. The maximum atomic E-state index is 6.23. The van der Waals surface area contributed by atoms with Gasteiger partial charge in [-0.25, -0.2) is 0 Å². The lowest BCUT2D eigenvalue weighted by atomic mass is 9.84. The summed E-state index contributed by atoms with van der Waals surface area (Å²) in [6, 6.07) is 53.3. The predicted molar refractivity (Wildman–Crippen MR) is 205 cm³/mol. The second-order valence-electron chi connectivity index (χ2n) is 12.3. The van der Waals surface area contributed by atoms with Crippen molar-refractivity contribution in [3.05, 3.63) is 146 Å². The number of benzene rings is 8. The van der Waals surface area contributed by atoms with Crippen molar-refractivity contribution in [1.82, 2.24) is 0 Å². The molecule has 11 aromatic rings. The number of fused-ring (bicyclic) bond motifs is 11. The van der Waals surface area contributed by atoms with Crippen LogP contribution < -0.4 is 0 Å². The molecule has 3 heterocycles. The molecule has 0 aliphatic carbocycles. The van der Waals surface area contributed by atoms with Crippen molar-refractivity contribution in [1.29, 1.82) is 0 Å². The van der Waals surface area contributed by atoms with E-state index in [4.69, 9.17) is 4.42 Å². The van der Waals surface area contributed by atoms with E-state index in [1.807, 2.05) is 28.7 Å². The molecular formula is C44H24OS2. The van der Waals surface area contributed by atoms with Gasteiger partial charge in [-0.2, -0.15) is 0 Å². The highest BCUT2D eigenvalue weighted by molar-refractivity contribution is 7.28. The first kappa shape index (κ1) is 25.7. The fourth-order valence-corrected chi connectivity index (χ4v) is 10.3. The Labute approximate surface area is 277 Å². The van der Waals surface area contributed by atoms with E-state index in [-0.39, 0.29) is 0 Å². The Morgan fingerprint density at radius 2 is 0.894 bits per heavy atom. The summed E-state index contributed by atoms with van der Waals surface area (Å²) in [7, 11) is 0. The van der Waals surface area contributed by atoms with Gasteiger partial charge in [0.15, 0.2) is 0 Å². The number of para-hydroxylation sites is 1. The summed E-state index contributed by atoms with van der Waals surface area (Å²) < 4.78 is 11.6. The molecule has 0 radical (unpaired) electrons. The molecule has 0 saturated heterocycles. The van der Waals surface area contributed by atoms with Crippen molar-refractivity contribution >= 4 is 107 Å². The summed E-state index contributed by atoms with van der Waals surface area (Å²) in [5, 5.41) is 12.7. The molecule has 11 rings (SSSR count). The number of thiophene rings is 2. The molecular weight excluding hydrogens is 609 g/mol. The average Bonchev–Trinajstić information content (AvgIpc) is 3.81. The molecule has 0 aliphatic heterocycles. The second kappa shape index (κ2) is 9.52. The van der Waals surface area contributed by atoms with Gasteiger partial charge >= 0.3 is 0 Å². The minimum Gasteiger partial charge on any atom is -0.456 e. The van der Waals surface area contributed by atoms with Gasteiger partial charge in [-0.3, -0.25) is 0 Å². The van der Waals surface area contributed by atoms with Crippen molar-refractivity contribution in [2.24, 2.45) is 0 Å². The SMILES string of the molecule is c1ccc2c(c1)oc1ccc(-c3c4ccccc4c(-c4c5sc6ccccc6c5cc5sc6ccccc6c45)c4ccccc34)cc12. The Kier molecular flexibility index (Phi) is 5.20. The topological polar surface area (TPSA) is 13.1 Å². The molecule has 0 saturated carbocycles. The Morgan fingerprint density at radius 3 is 1.62 bits per heavy atom. The first-order valence-corrected chi connectivity index (χ1v) is 17.6.